The highest BCUT2D eigenvalue weighted by molar-refractivity contribution is 7.87. The van der Waals surface area contributed by atoms with Gasteiger partial charge in [0.2, 0.25) is 0 Å². The number of phenolic OH excluding ortho intramolecular Hbond substituents is 1. The average Bonchev–Trinajstić information content (AvgIpc) is 3.16. The number of aromatic hydroxyl groups is 1. The van der Waals surface area contributed by atoms with E-state index in [9.17, 15) is 28.4 Å². The van der Waals surface area contributed by atoms with Gasteiger partial charge in [0.1, 0.15) is 27.9 Å². The topological polar surface area (TPSA) is 142 Å². The second kappa shape index (κ2) is 7.80. The molecule has 0 fully saturated rings. The molecule has 0 bridgehead atoms. The number of nitro groups is 1. The summed E-state index contributed by atoms with van der Waals surface area (Å²) < 4.78 is 42.9. The Bertz CT molecular complexity index is 1730. The minimum absolute atomic E-state index is 0.0805. The van der Waals surface area contributed by atoms with Crippen LogP contribution >= 0.6 is 0 Å². The van der Waals surface area contributed by atoms with Crippen molar-refractivity contribution in [3.05, 3.63) is 117 Å². The van der Waals surface area contributed by atoms with Crippen LogP contribution in [0.4, 0.5) is 5.69 Å². The number of esters is 1. The molecule has 11 heteroatoms. The first-order valence-electron chi connectivity index (χ1n) is 10.9. The van der Waals surface area contributed by atoms with Gasteiger partial charge in [0.15, 0.2) is 5.60 Å². The summed E-state index contributed by atoms with van der Waals surface area (Å²) in [7, 11) is -4.34. The Morgan fingerprint density at radius 2 is 1.54 bits per heavy atom. The number of carbonyl (C=O) groups is 1. The minimum Gasteiger partial charge on any atom is -0.508 e. The molecule has 0 radical (unpaired) electrons. The Balaban J connectivity index is 1.45. The third kappa shape index (κ3) is 3.39. The number of nitro benzene ring substituents is 1. The Labute approximate surface area is 209 Å². The maximum absolute atomic E-state index is 12.8. The molecule has 2 aliphatic rings. The highest BCUT2D eigenvalue weighted by Gasteiger charge is 2.53. The molecule has 4 aromatic rings. The van der Waals surface area contributed by atoms with Crippen LogP contribution in [0.15, 0.2) is 89.8 Å². The molecule has 6 rings (SSSR count). The molecular weight excluding hydrogens is 502 g/mol. The van der Waals surface area contributed by atoms with Gasteiger partial charge in [-0.2, -0.15) is 8.42 Å². The highest BCUT2D eigenvalue weighted by atomic mass is 32.2. The first-order valence-corrected chi connectivity index (χ1v) is 12.3. The zero-order valence-electron chi connectivity index (χ0n) is 18.7. The van der Waals surface area contributed by atoms with Crippen LogP contribution < -0.4 is 8.92 Å². The molecular formula is C26H15NO9S. The van der Waals surface area contributed by atoms with Crippen LogP contribution in [0.2, 0.25) is 0 Å². The van der Waals surface area contributed by atoms with E-state index in [4.69, 9.17) is 13.7 Å². The van der Waals surface area contributed by atoms with Gasteiger partial charge in [-0.1, -0.05) is 18.2 Å². The van der Waals surface area contributed by atoms with Crippen molar-refractivity contribution in [2.24, 2.45) is 0 Å². The molecule has 0 saturated heterocycles. The molecule has 0 amide bonds. The molecule has 184 valence electrons. The fourth-order valence-electron chi connectivity index (χ4n) is 4.61. The first-order chi connectivity index (χ1) is 17.7. The number of benzene rings is 4. The van der Waals surface area contributed by atoms with E-state index in [1.807, 2.05) is 0 Å². The van der Waals surface area contributed by atoms with Gasteiger partial charge in [-0.25, -0.2) is 4.79 Å². The molecule has 4 aromatic carbocycles. The van der Waals surface area contributed by atoms with Gasteiger partial charge < -0.3 is 18.8 Å². The van der Waals surface area contributed by atoms with Crippen LogP contribution in [0.1, 0.15) is 27.0 Å². The molecule has 1 atom stereocenters. The number of phenols is 1. The summed E-state index contributed by atoms with van der Waals surface area (Å²) in [5.74, 6) is -0.355. The third-order valence-electron chi connectivity index (χ3n) is 6.21. The van der Waals surface area contributed by atoms with Crippen LogP contribution in [0.25, 0.3) is 0 Å². The Morgan fingerprint density at radius 3 is 2.27 bits per heavy atom. The number of fused-ring (bicyclic) bond motifs is 6. The summed E-state index contributed by atoms with van der Waals surface area (Å²) in [5.41, 5.74) is 0.214. The van der Waals surface area contributed by atoms with Crippen molar-refractivity contribution in [1.82, 2.24) is 0 Å². The Hall–Kier alpha value is -4.90. The second-order valence-electron chi connectivity index (χ2n) is 8.35. The zero-order chi connectivity index (χ0) is 25.9. The van der Waals surface area contributed by atoms with Crippen molar-refractivity contribution in [3.8, 4) is 23.0 Å². The van der Waals surface area contributed by atoms with Gasteiger partial charge in [-0.15, -0.1) is 0 Å². The number of hydrogen-bond acceptors (Lipinski definition) is 9. The number of non-ortho nitro benzene ring substituents is 1. The van der Waals surface area contributed by atoms with Crippen LogP contribution in [0.5, 0.6) is 23.0 Å². The van der Waals surface area contributed by atoms with Crippen LogP contribution in [-0.4, -0.2) is 24.4 Å². The zero-order valence-corrected chi connectivity index (χ0v) is 19.5. The fraction of sp³-hybridized carbons (Fsp3) is 0.0385. The van der Waals surface area contributed by atoms with Gasteiger partial charge in [0.25, 0.3) is 5.69 Å². The summed E-state index contributed by atoms with van der Waals surface area (Å²) in [6.45, 7) is 0. The van der Waals surface area contributed by atoms with Crippen molar-refractivity contribution in [2.75, 3.05) is 0 Å². The predicted molar refractivity (Wildman–Crippen MR) is 127 cm³/mol. The fourth-order valence-corrected chi connectivity index (χ4v) is 5.53. The quantitative estimate of drug-likeness (QED) is 0.177. The SMILES string of the molecule is O=C1OC2(c3ccc(O)cc3Oc3cc(OS(=O)(=O)c4ccc([N+](=O)[O-])cc4)ccc32)c2ccccc21. The van der Waals surface area contributed by atoms with Crippen molar-refractivity contribution >= 4 is 21.8 Å². The van der Waals surface area contributed by atoms with E-state index in [0.717, 1.165) is 24.3 Å². The van der Waals surface area contributed by atoms with E-state index < -0.39 is 26.6 Å². The summed E-state index contributed by atoms with van der Waals surface area (Å²) in [5, 5.41) is 20.9. The summed E-state index contributed by atoms with van der Waals surface area (Å²) >= 11 is 0. The molecule has 2 heterocycles. The number of hydrogen-bond donors (Lipinski definition) is 1. The summed E-state index contributed by atoms with van der Waals surface area (Å²) in [6.07, 6.45) is 0. The standard InChI is InChI=1S/C26H15NO9S/c28-16-7-11-21-23(13-16)34-24-14-17(36-37(32,33)18-9-5-15(6-10-18)27(30)31)8-12-22(24)26(21)20-4-2-1-3-19(20)25(29)35-26/h1-14,28H. The van der Waals surface area contributed by atoms with E-state index in [1.165, 1.54) is 24.3 Å². The van der Waals surface area contributed by atoms with E-state index in [0.29, 0.717) is 22.3 Å². The molecule has 0 aromatic heterocycles. The van der Waals surface area contributed by atoms with Crippen molar-refractivity contribution in [2.45, 2.75) is 10.5 Å². The lowest BCUT2D eigenvalue weighted by atomic mass is 9.77. The van der Waals surface area contributed by atoms with E-state index in [1.54, 1.807) is 36.4 Å². The molecule has 37 heavy (non-hydrogen) atoms. The minimum atomic E-state index is -4.34. The summed E-state index contributed by atoms with van der Waals surface area (Å²) in [4.78, 5) is 22.8. The number of carbonyl (C=O) groups excluding carboxylic acids is 1. The average molecular weight is 517 g/mol. The van der Waals surface area contributed by atoms with Crippen molar-refractivity contribution in [3.63, 3.8) is 0 Å². The highest BCUT2D eigenvalue weighted by Crippen LogP contribution is 2.57. The third-order valence-corrected chi connectivity index (χ3v) is 7.47. The van der Waals surface area contributed by atoms with Crippen LogP contribution in [0, 0.1) is 10.1 Å². The lowest BCUT2D eigenvalue weighted by Gasteiger charge is -2.36. The van der Waals surface area contributed by atoms with Gasteiger partial charge in [0.05, 0.1) is 10.5 Å². The maximum atomic E-state index is 12.8. The second-order valence-corrected chi connectivity index (χ2v) is 9.89. The van der Waals surface area contributed by atoms with Gasteiger partial charge >= 0.3 is 16.1 Å². The molecule has 0 saturated carbocycles. The van der Waals surface area contributed by atoms with Gasteiger partial charge in [-0.3, -0.25) is 10.1 Å². The van der Waals surface area contributed by atoms with E-state index >= 15 is 0 Å². The van der Waals surface area contributed by atoms with Crippen LogP contribution in [0.3, 0.4) is 0 Å². The molecule has 2 aliphatic heterocycles. The van der Waals surface area contributed by atoms with Crippen molar-refractivity contribution in [1.29, 1.82) is 0 Å². The molecule has 10 nitrogen and oxygen atoms in total. The van der Waals surface area contributed by atoms with Gasteiger partial charge in [0, 0.05) is 41.0 Å². The molecule has 0 aliphatic carbocycles. The first kappa shape index (κ1) is 22.6. The largest absolute Gasteiger partial charge is 0.508 e. The predicted octanol–water partition coefficient (Wildman–Crippen LogP) is 4.64. The Kier molecular flexibility index (Phi) is 4.76. The Morgan fingerprint density at radius 1 is 0.865 bits per heavy atom. The number of rotatable bonds is 4. The molecule has 1 unspecified atom stereocenters. The summed E-state index contributed by atoms with van der Waals surface area (Å²) in [6, 6.07) is 19.9. The normalized spacial score (nSPS) is 17.2. The van der Waals surface area contributed by atoms with Gasteiger partial charge in [-0.05, 0) is 42.5 Å². The molecule has 1 spiro atoms. The maximum Gasteiger partial charge on any atom is 0.340 e. The van der Waals surface area contributed by atoms with Crippen LogP contribution in [-0.2, 0) is 20.5 Å². The monoisotopic (exact) mass is 517 g/mol. The lowest BCUT2D eigenvalue weighted by molar-refractivity contribution is -0.384. The number of ether oxygens (including phenoxy) is 2. The number of nitrogens with zero attached hydrogens (tertiary/aromatic N) is 1. The van der Waals surface area contributed by atoms with E-state index in [2.05, 4.69) is 0 Å². The van der Waals surface area contributed by atoms with E-state index in [-0.39, 0.29) is 33.6 Å². The molecule has 1 N–H and O–H groups in total. The van der Waals surface area contributed by atoms with Crippen molar-refractivity contribution < 1.29 is 36.9 Å². The smallest absolute Gasteiger partial charge is 0.340 e. The lowest BCUT2D eigenvalue weighted by Crippen LogP contribution is -2.33.